The molecular weight excluding hydrogens is 424 g/mol. The second-order valence-corrected chi connectivity index (χ2v) is 6.54. The number of nitrogens with zero attached hydrogens (tertiary/aromatic N) is 2. The lowest BCUT2D eigenvalue weighted by molar-refractivity contribution is 0.0962. The Morgan fingerprint density at radius 1 is 1.11 bits per heavy atom. The molecule has 0 aliphatic rings. The molecule has 0 aliphatic heterocycles. The van der Waals surface area contributed by atoms with Crippen molar-refractivity contribution < 1.29 is 9.53 Å². The summed E-state index contributed by atoms with van der Waals surface area (Å²) in [6.07, 6.45) is 1.34. The highest BCUT2D eigenvalue weighted by atomic mass is 79.9. The maximum Gasteiger partial charge on any atom is 0.269 e. The summed E-state index contributed by atoms with van der Waals surface area (Å²) in [5, 5.41) is 3.13. The lowest BCUT2D eigenvalue weighted by Crippen LogP contribution is -2.30. The number of nitrogen functional groups attached to an aromatic ring is 1. The summed E-state index contributed by atoms with van der Waals surface area (Å²) < 4.78 is 6.48. The van der Waals surface area contributed by atoms with Crippen molar-refractivity contribution in [2.24, 2.45) is 0 Å². The van der Waals surface area contributed by atoms with Crippen LogP contribution < -0.4 is 26.6 Å². The van der Waals surface area contributed by atoms with Crippen molar-refractivity contribution in [3.8, 4) is 5.75 Å². The van der Waals surface area contributed by atoms with E-state index in [0.29, 0.717) is 23.7 Å². The van der Waals surface area contributed by atoms with Crippen molar-refractivity contribution in [2.45, 2.75) is 6.92 Å². The minimum Gasteiger partial charge on any atom is -0.492 e. The zero-order valence-electron chi connectivity index (χ0n) is 15.1. The number of ether oxygens (including phenoxy) is 1. The summed E-state index contributed by atoms with van der Waals surface area (Å²) >= 11 is 3.33. The summed E-state index contributed by atoms with van der Waals surface area (Å²) in [6.45, 7) is 2.44. The molecule has 9 heteroatoms. The quantitative estimate of drug-likeness (QED) is 0.412. The van der Waals surface area contributed by atoms with E-state index in [1.807, 2.05) is 31.2 Å². The third-order valence-corrected chi connectivity index (χ3v) is 4.25. The normalized spacial score (nSPS) is 10.2. The topological polar surface area (TPSA) is 114 Å². The Bertz CT molecular complexity index is 965. The molecule has 0 saturated carbocycles. The predicted molar refractivity (Wildman–Crippen MR) is 113 cm³/mol. The molecule has 8 nitrogen and oxygen atoms in total. The van der Waals surface area contributed by atoms with E-state index in [9.17, 15) is 4.79 Å². The number of nitrogens with two attached hydrogens (primary N) is 1. The van der Waals surface area contributed by atoms with Crippen molar-refractivity contribution in [1.29, 1.82) is 0 Å². The molecule has 3 rings (SSSR count). The first kappa shape index (κ1) is 19.4. The summed E-state index contributed by atoms with van der Waals surface area (Å²) in [4.78, 5) is 20.5. The highest BCUT2D eigenvalue weighted by molar-refractivity contribution is 9.10. The van der Waals surface area contributed by atoms with Gasteiger partial charge in [-0.25, -0.2) is 9.97 Å². The fourth-order valence-electron chi connectivity index (χ4n) is 2.36. The average Bonchev–Trinajstić information content (AvgIpc) is 2.70. The third-order valence-electron chi connectivity index (χ3n) is 3.72. The second kappa shape index (κ2) is 9.05. The van der Waals surface area contributed by atoms with E-state index in [1.54, 1.807) is 24.3 Å². The average molecular weight is 443 g/mol. The first-order valence-corrected chi connectivity index (χ1v) is 9.29. The third kappa shape index (κ3) is 4.68. The van der Waals surface area contributed by atoms with Crippen LogP contribution in [0.25, 0.3) is 0 Å². The van der Waals surface area contributed by atoms with Gasteiger partial charge in [0, 0.05) is 10.0 Å². The van der Waals surface area contributed by atoms with E-state index in [1.165, 1.54) is 6.33 Å². The standard InChI is InChI=1S/C19H19BrN6O2/c1-2-28-15-6-4-3-5-14(15)24-17-16(21)18(23-11-22-17)25-26-19(27)12-7-9-13(20)10-8-12/h3-11H,2,21H2,1H3,(H,26,27)(H2,22,23,24,25). The Labute approximate surface area is 170 Å². The van der Waals surface area contributed by atoms with Crippen molar-refractivity contribution in [2.75, 3.05) is 23.1 Å². The SMILES string of the molecule is CCOc1ccccc1Nc1ncnc(NNC(=O)c2ccc(Br)cc2)c1N. The van der Waals surface area contributed by atoms with Gasteiger partial charge in [-0.1, -0.05) is 28.1 Å². The van der Waals surface area contributed by atoms with Crippen molar-refractivity contribution in [3.05, 3.63) is 64.9 Å². The number of benzene rings is 2. The summed E-state index contributed by atoms with van der Waals surface area (Å²) in [5.41, 5.74) is 12.9. The van der Waals surface area contributed by atoms with Crippen LogP contribution in [0.1, 0.15) is 17.3 Å². The highest BCUT2D eigenvalue weighted by Crippen LogP contribution is 2.30. The van der Waals surface area contributed by atoms with Crippen molar-refractivity contribution >= 4 is 44.8 Å². The number of carbonyl (C=O) groups is 1. The van der Waals surface area contributed by atoms with Crippen LogP contribution in [0.5, 0.6) is 5.75 Å². The van der Waals surface area contributed by atoms with Gasteiger partial charge < -0.3 is 15.8 Å². The molecule has 2 aromatic carbocycles. The molecule has 0 spiro atoms. The Kier molecular flexibility index (Phi) is 6.28. The fraction of sp³-hybridized carbons (Fsp3) is 0.105. The second-order valence-electron chi connectivity index (χ2n) is 5.62. The van der Waals surface area contributed by atoms with E-state index in [4.69, 9.17) is 10.5 Å². The Hall–Kier alpha value is -3.33. The minimum atomic E-state index is -0.318. The number of para-hydroxylation sites is 2. The van der Waals surface area contributed by atoms with Gasteiger partial charge in [-0.3, -0.25) is 15.6 Å². The van der Waals surface area contributed by atoms with E-state index in [0.717, 1.165) is 10.2 Å². The number of nitrogens with one attached hydrogen (secondary N) is 3. The van der Waals surface area contributed by atoms with Crippen LogP contribution in [0, 0.1) is 0 Å². The maximum absolute atomic E-state index is 12.2. The van der Waals surface area contributed by atoms with Gasteiger partial charge in [0.1, 0.15) is 17.8 Å². The number of carbonyl (C=O) groups excluding carboxylic acids is 1. The first-order chi connectivity index (χ1) is 13.6. The van der Waals surface area contributed by atoms with Crippen LogP contribution in [-0.2, 0) is 0 Å². The van der Waals surface area contributed by atoms with Crippen LogP contribution in [0.15, 0.2) is 59.3 Å². The Morgan fingerprint density at radius 3 is 2.57 bits per heavy atom. The Balaban J connectivity index is 1.72. The molecule has 0 atom stereocenters. The van der Waals surface area contributed by atoms with Gasteiger partial charge in [0.05, 0.1) is 12.3 Å². The smallest absolute Gasteiger partial charge is 0.269 e. The largest absolute Gasteiger partial charge is 0.492 e. The number of rotatable bonds is 7. The zero-order chi connectivity index (χ0) is 19.9. The molecule has 0 fully saturated rings. The molecule has 0 saturated heterocycles. The molecule has 5 N–H and O–H groups in total. The molecular formula is C19H19BrN6O2. The van der Waals surface area contributed by atoms with Gasteiger partial charge in [-0.05, 0) is 43.3 Å². The number of hydrogen-bond donors (Lipinski definition) is 4. The van der Waals surface area contributed by atoms with Gasteiger partial charge >= 0.3 is 0 Å². The number of amides is 1. The number of hydrazine groups is 1. The van der Waals surface area contributed by atoms with Crippen molar-refractivity contribution in [3.63, 3.8) is 0 Å². The summed E-state index contributed by atoms with van der Waals surface area (Å²) in [7, 11) is 0. The van der Waals surface area contributed by atoms with Crippen LogP contribution in [0.4, 0.5) is 23.0 Å². The van der Waals surface area contributed by atoms with E-state index in [-0.39, 0.29) is 17.4 Å². The number of anilines is 4. The van der Waals surface area contributed by atoms with Gasteiger partial charge in [0.15, 0.2) is 11.6 Å². The molecule has 1 amide bonds. The molecule has 1 heterocycles. The molecule has 144 valence electrons. The fourth-order valence-corrected chi connectivity index (χ4v) is 2.63. The minimum absolute atomic E-state index is 0.255. The Morgan fingerprint density at radius 2 is 1.82 bits per heavy atom. The van der Waals surface area contributed by atoms with Gasteiger partial charge in [-0.15, -0.1) is 0 Å². The monoisotopic (exact) mass is 442 g/mol. The lowest BCUT2D eigenvalue weighted by atomic mass is 10.2. The molecule has 0 bridgehead atoms. The molecule has 0 radical (unpaired) electrons. The van der Waals surface area contributed by atoms with Crippen molar-refractivity contribution in [1.82, 2.24) is 15.4 Å². The van der Waals surface area contributed by atoms with Gasteiger partial charge in [0.2, 0.25) is 0 Å². The zero-order valence-corrected chi connectivity index (χ0v) is 16.7. The predicted octanol–water partition coefficient (Wildman–Crippen LogP) is 3.72. The molecule has 3 aromatic rings. The maximum atomic E-state index is 12.2. The van der Waals surface area contributed by atoms with Crippen LogP contribution in [-0.4, -0.2) is 22.5 Å². The first-order valence-electron chi connectivity index (χ1n) is 8.49. The van der Waals surface area contributed by atoms with E-state index in [2.05, 4.69) is 42.1 Å². The molecule has 28 heavy (non-hydrogen) atoms. The molecule has 0 aliphatic carbocycles. The van der Waals surface area contributed by atoms with Crippen LogP contribution in [0.2, 0.25) is 0 Å². The lowest BCUT2D eigenvalue weighted by Gasteiger charge is -2.15. The number of halogens is 1. The van der Waals surface area contributed by atoms with Crippen LogP contribution >= 0.6 is 15.9 Å². The van der Waals surface area contributed by atoms with E-state index >= 15 is 0 Å². The number of hydrogen-bond acceptors (Lipinski definition) is 7. The number of aromatic nitrogens is 2. The van der Waals surface area contributed by atoms with Gasteiger partial charge in [0.25, 0.3) is 5.91 Å². The highest BCUT2D eigenvalue weighted by Gasteiger charge is 2.12. The molecule has 1 aromatic heterocycles. The summed E-state index contributed by atoms with van der Waals surface area (Å²) in [5.74, 6) is 1.03. The molecule has 0 unspecified atom stereocenters. The van der Waals surface area contributed by atoms with Crippen LogP contribution in [0.3, 0.4) is 0 Å². The van der Waals surface area contributed by atoms with E-state index < -0.39 is 0 Å². The van der Waals surface area contributed by atoms with Gasteiger partial charge in [-0.2, -0.15) is 0 Å². The summed E-state index contributed by atoms with van der Waals surface area (Å²) in [6, 6.07) is 14.4.